The summed E-state index contributed by atoms with van der Waals surface area (Å²) < 4.78 is 0. The summed E-state index contributed by atoms with van der Waals surface area (Å²) in [5, 5.41) is 3.28. The molecule has 1 N–H and O–H groups in total. The Labute approximate surface area is 98.3 Å². The molecule has 1 fully saturated rings. The third-order valence-electron chi connectivity index (χ3n) is 2.76. The number of rotatable bonds is 5. The Morgan fingerprint density at radius 3 is 2.56 bits per heavy atom. The van der Waals surface area contributed by atoms with E-state index in [2.05, 4.69) is 16.8 Å². The van der Waals surface area contributed by atoms with E-state index in [1.165, 1.54) is 0 Å². The van der Waals surface area contributed by atoms with E-state index in [9.17, 15) is 4.79 Å². The normalized spacial score (nSPS) is 17.1. The lowest BCUT2D eigenvalue weighted by Crippen LogP contribution is -2.48. The minimum atomic E-state index is 0.215. The highest BCUT2D eigenvalue weighted by molar-refractivity contribution is 5.78. The smallest absolute Gasteiger partial charge is 0.237 e. The van der Waals surface area contributed by atoms with E-state index in [0.717, 1.165) is 38.3 Å². The standard InChI is InChI=1S/C12H23N3O/c1-4-15(9-11(2)3)12(16)10-14-7-5-13-6-8-14/h13H,2,4-10H2,1,3H3. The highest BCUT2D eigenvalue weighted by atomic mass is 16.2. The summed E-state index contributed by atoms with van der Waals surface area (Å²) in [4.78, 5) is 16.1. The summed E-state index contributed by atoms with van der Waals surface area (Å²) in [6.07, 6.45) is 0. The number of carbonyl (C=O) groups excluding carboxylic acids is 1. The van der Waals surface area contributed by atoms with Crippen LogP contribution >= 0.6 is 0 Å². The first-order valence-corrected chi connectivity index (χ1v) is 5.98. The highest BCUT2D eigenvalue weighted by Gasteiger charge is 2.17. The molecule has 16 heavy (non-hydrogen) atoms. The summed E-state index contributed by atoms with van der Waals surface area (Å²) in [5.74, 6) is 0.215. The van der Waals surface area contributed by atoms with Gasteiger partial charge in [-0.2, -0.15) is 0 Å². The summed E-state index contributed by atoms with van der Waals surface area (Å²) in [7, 11) is 0. The van der Waals surface area contributed by atoms with Crippen molar-refractivity contribution in [2.24, 2.45) is 0 Å². The van der Waals surface area contributed by atoms with Gasteiger partial charge in [-0.05, 0) is 13.8 Å². The van der Waals surface area contributed by atoms with Gasteiger partial charge in [0.2, 0.25) is 5.91 Å². The van der Waals surface area contributed by atoms with E-state index in [-0.39, 0.29) is 5.91 Å². The first-order valence-electron chi connectivity index (χ1n) is 5.98. The molecule has 0 saturated carbocycles. The van der Waals surface area contributed by atoms with E-state index < -0.39 is 0 Å². The van der Waals surface area contributed by atoms with Gasteiger partial charge in [0, 0.05) is 39.3 Å². The van der Waals surface area contributed by atoms with Gasteiger partial charge >= 0.3 is 0 Å². The number of piperazine rings is 1. The predicted molar refractivity (Wildman–Crippen MR) is 66.4 cm³/mol. The molecule has 0 aromatic rings. The molecule has 1 heterocycles. The Hall–Kier alpha value is -0.870. The maximum Gasteiger partial charge on any atom is 0.237 e. The summed E-state index contributed by atoms with van der Waals surface area (Å²) >= 11 is 0. The molecule has 92 valence electrons. The molecule has 4 heteroatoms. The zero-order chi connectivity index (χ0) is 12.0. The summed E-state index contributed by atoms with van der Waals surface area (Å²) in [5.41, 5.74) is 1.04. The first-order chi connectivity index (χ1) is 7.63. The Kier molecular flexibility index (Phi) is 5.49. The van der Waals surface area contributed by atoms with E-state index >= 15 is 0 Å². The van der Waals surface area contributed by atoms with Gasteiger partial charge in [0.15, 0.2) is 0 Å². The molecule has 4 nitrogen and oxygen atoms in total. The molecule has 0 aromatic heterocycles. The monoisotopic (exact) mass is 225 g/mol. The van der Waals surface area contributed by atoms with Crippen molar-refractivity contribution >= 4 is 5.91 Å². The van der Waals surface area contributed by atoms with Gasteiger partial charge in [0.05, 0.1) is 6.54 Å². The van der Waals surface area contributed by atoms with Crippen molar-refractivity contribution in [1.82, 2.24) is 15.1 Å². The Balaban J connectivity index is 2.38. The molecule has 0 unspecified atom stereocenters. The average molecular weight is 225 g/mol. The van der Waals surface area contributed by atoms with Gasteiger partial charge in [0.25, 0.3) is 0 Å². The zero-order valence-electron chi connectivity index (χ0n) is 10.5. The fourth-order valence-corrected chi connectivity index (χ4v) is 1.86. The lowest BCUT2D eigenvalue weighted by molar-refractivity contribution is -0.132. The average Bonchev–Trinajstić information content (AvgIpc) is 2.26. The van der Waals surface area contributed by atoms with Crippen LogP contribution in [0.5, 0.6) is 0 Å². The molecule has 0 bridgehead atoms. The van der Waals surface area contributed by atoms with Crippen LogP contribution in [0.15, 0.2) is 12.2 Å². The predicted octanol–water partition coefficient (Wildman–Crippen LogP) is 0.316. The first kappa shape index (κ1) is 13.2. The Morgan fingerprint density at radius 1 is 1.44 bits per heavy atom. The molecule has 1 saturated heterocycles. The van der Waals surface area contributed by atoms with Gasteiger partial charge < -0.3 is 10.2 Å². The lowest BCUT2D eigenvalue weighted by atomic mass is 10.3. The maximum absolute atomic E-state index is 12.0. The van der Waals surface area contributed by atoms with E-state index in [1.54, 1.807) is 0 Å². The van der Waals surface area contributed by atoms with Gasteiger partial charge in [-0.15, -0.1) is 0 Å². The fraction of sp³-hybridized carbons (Fsp3) is 0.750. The van der Waals surface area contributed by atoms with Crippen LogP contribution in [0.25, 0.3) is 0 Å². The largest absolute Gasteiger partial charge is 0.338 e. The van der Waals surface area contributed by atoms with Crippen LogP contribution in [-0.4, -0.2) is 61.5 Å². The number of carbonyl (C=O) groups is 1. The molecule has 0 radical (unpaired) electrons. The van der Waals surface area contributed by atoms with Crippen molar-refractivity contribution in [1.29, 1.82) is 0 Å². The minimum Gasteiger partial charge on any atom is -0.338 e. The third kappa shape index (κ3) is 4.33. The zero-order valence-corrected chi connectivity index (χ0v) is 10.5. The highest BCUT2D eigenvalue weighted by Crippen LogP contribution is 1.99. The van der Waals surface area contributed by atoms with Gasteiger partial charge in [-0.3, -0.25) is 9.69 Å². The molecule has 0 atom stereocenters. The van der Waals surface area contributed by atoms with Crippen LogP contribution in [0.4, 0.5) is 0 Å². The van der Waals surface area contributed by atoms with Crippen LogP contribution in [-0.2, 0) is 4.79 Å². The van der Waals surface area contributed by atoms with Crippen LogP contribution in [0.3, 0.4) is 0 Å². The topological polar surface area (TPSA) is 35.6 Å². The molecule has 0 spiro atoms. The summed E-state index contributed by atoms with van der Waals surface area (Å²) in [6.45, 7) is 13.7. The fourth-order valence-electron chi connectivity index (χ4n) is 1.86. The molecular weight excluding hydrogens is 202 g/mol. The van der Waals surface area contributed by atoms with Crippen molar-refractivity contribution in [2.75, 3.05) is 45.8 Å². The third-order valence-corrected chi connectivity index (χ3v) is 2.76. The molecule has 1 amide bonds. The van der Waals surface area contributed by atoms with Gasteiger partial charge in [0.1, 0.15) is 0 Å². The quantitative estimate of drug-likeness (QED) is 0.684. The Morgan fingerprint density at radius 2 is 2.06 bits per heavy atom. The van der Waals surface area contributed by atoms with E-state index in [0.29, 0.717) is 13.1 Å². The van der Waals surface area contributed by atoms with Crippen molar-refractivity contribution < 1.29 is 4.79 Å². The second-order valence-corrected chi connectivity index (χ2v) is 4.39. The number of nitrogens with one attached hydrogen (secondary N) is 1. The molecule has 0 aliphatic carbocycles. The van der Waals surface area contributed by atoms with Gasteiger partial charge in [-0.25, -0.2) is 0 Å². The summed E-state index contributed by atoms with van der Waals surface area (Å²) in [6, 6.07) is 0. The van der Waals surface area contributed by atoms with Crippen LogP contribution in [0.1, 0.15) is 13.8 Å². The number of nitrogens with zero attached hydrogens (tertiary/aromatic N) is 2. The van der Waals surface area contributed by atoms with Gasteiger partial charge in [-0.1, -0.05) is 12.2 Å². The van der Waals surface area contributed by atoms with E-state index in [4.69, 9.17) is 0 Å². The van der Waals surface area contributed by atoms with Crippen molar-refractivity contribution in [2.45, 2.75) is 13.8 Å². The minimum absolute atomic E-state index is 0.215. The maximum atomic E-state index is 12.0. The second kappa shape index (κ2) is 6.66. The number of likely N-dealkylation sites (N-methyl/N-ethyl adjacent to an activating group) is 1. The second-order valence-electron chi connectivity index (χ2n) is 4.39. The molecule has 1 aliphatic heterocycles. The number of amides is 1. The Bertz CT molecular complexity index is 247. The van der Waals surface area contributed by atoms with Crippen LogP contribution in [0.2, 0.25) is 0 Å². The SMILES string of the molecule is C=C(C)CN(CC)C(=O)CN1CCNCC1. The van der Waals surface area contributed by atoms with Crippen LogP contribution in [0, 0.1) is 0 Å². The van der Waals surface area contributed by atoms with Crippen molar-refractivity contribution in [3.63, 3.8) is 0 Å². The van der Waals surface area contributed by atoms with E-state index in [1.807, 2.05) is 18.7 Å². The molecule has 1 rings (SSSR count). The van der Waals surface area contributed by atoms with Crippen LogP contribution < -0.4 is 5.32 Å². The molecular formula is C12H23N3O. The van der Waals surface area contributed by atoms with Crippen molar-refractivity contribution in [3.05, 3.63) is 12.2 Å². The number of hydrogen-bond acceptors (Lipinski definition) is 3. The molecule has 0 aromatic carbocycles. The molecule has 1 aliphatic rings. The van der Waals surface area contributed by atoms with Crippen molar-refractivity contribution in [3.8, 4) is 0 Å². The lowest BCUT2D eigenvalue weighted by Gasteiger charge is -2.29. The number of hydrogen-bond donors (Lipinski definition) is 1.